The quantitative estimate of drug-likeness (QED) is 0.720. The van der Waals surface area contributed by atoms with Gasteiger partial charge in [-0.1, -0.05) is 20.3 Å². The molecule has 0 spiro atoms. The number of rotatable bonds is 7. The minimum Gasteiger partial charge on any atom is -0.481 e. The van der Waals surface area contributed by atoms with E-state index in [1.807, 2.05) is 6.92 Å². The molecule has 0 aliphatic heterocycles. The first-order chi connectivity index (χ1) is 9.30. The average molecular weight is 305 g/mol. The lowest BCUT2D eigenvalue weighted by molar-refractivity contribution is -0.146. The number of carboxylic acid groups (broad SMARTS) is 1. The van der Waals surface area contributed by atoms with Crippen molar-refractivity contribution in [3.63, 3.8) is 0 Å². The smallest absolute Gasteiger partial charge is 0.307 e. The maximum atomic E-state index is 12.0. The second kappa shape index (κ2) is 7.06. The van der Waals surface area contributed by atoms with Crippen molar-refractivity contribution in [2.24, 2.45) is 17.8 Å². The second-order valence-corrected chi connectivity index (χ2v) is 7.80. The molecule has 1 aliphatic carbocycles. The highest BCUT2D eigenvalue weighted by Crippen LogP contribution is 2.38. The highest BCUT2D eigenvalue weighted by atomic mass is 32.2. The van der Waals surface area contributed by atoms with Gasteiger partial charge in [-0.05, 0) is 18.8 Å². The molecule has 2 N–H and O–H groups in total. The van der Waals surface area contributed by atoms with Gasteiger partial charge in [-0.2, -0.15) is 0 Å². The van der Waals surface area contributed by atoms with E-state index in [1.54, 1.807) is 6.92 Å². The van der Waals surface area contributed by atoms with Crippen LogP contribution in [-0.2, 0) is 19.4 Å². The van der Waals surface area contributed by atoms with E-state index in [0.29, 0.717) is 12.8 Å². The molecule has 0 bridgehead atoms. The number of nitrogens with one attached hydrogen (secondary N) is 1. The van der Waals surface area contributed by atoms with Crippen LogP contribution in [0.1, 0.15) is 33.1 Å². The van der Waals surface area contributed by atoms with Gasteiger partial charge >= 0.3 is 5.97 Å². The number of aliphatic carboxylic acids is 1. The summed E-state index contributed by atoms with van der Waals surface area (Å²) in [6.45, 7) is 3.59. The van der Waals surface area contributed by atoms with Crippen molar-refractivity contribution >= 4 is 21.7 Å². The largest absolute Gasteiger partial charge is 0.481 e. The number of carbonyl (C=O) groups excluding carboxylic acids is 1. The van der Waals surface area contributed by atoms with Crippen molar-refractivity contribution in [1.82, 2.24) is 5.32 Å². The van der Waals surface area contributed by atoms with Crippen molar-refractivity contribution in [3.8, 4) is 0 Å². The zero-order valence-electron chi connectivity index (χ0n) is 12.0. The molecule has 3 unspecified atom stereocenters. The molecule has 0 heterocycles. The molecule has 116 valence electrons. The zero-order chi connectivity index (χ0) is 15.3. The lowest BCUT2D eigenvalue weighted by Gasteiger charge is -2.15. The van der Waals surface area contributed by atoms with Gasteiger partial charge in [0.25, 0.3) is 0 Å². The van der Waals surface area contributed by atoms with Gasteiger partial charge in [0, 0.05) is 12.3 Å². The summed E-state index contributed by atoms with van der Waals surface area (Å²) in [7, 11) is -3.12. The molecule has 1 fully saturated rings. The highest BCUT2D eigenvalue weighted by molar-refractivity contribution is 7.91. The van der Waals surface area contributed by atoms with Crippen molar-refractivity contribution in [1.29, 1.82) is 0 Å². The Morgan fingerprint density at radius 3 is 2.30 bits per heavy atom. The molecular weight excluding hydrogens is 282 g/mol. The van der Waals surface area contributed by atoms with Crippen molar-refractivity contribution < 1.29 is 23.1 Å². The second-order valence-electron chi connectivity index (χ2n) is 5.32. The minimum absolute atomic E-state index is 0.0436. The van der Waals surface area contributed by atoms with Crippen LogP contribution in [-0.4, -0.2) is 43.5 Å². The summed E-state index contributed by atoms with van der Waals surface area (Å²) in [5.74, 6) is -2.27. The molecule has 6 nitrogen and oxygen atoms in total. The lowest BCUT2D eigenvalue weighted by atomic mass is 9.95. The Morgan fingerprint density at radius 1 is 1.20 bits per heavy atom. The molecule has 0 aromatic carbocycles. The van der Waals surface area contributed by atoms with Gasteiger partial charge in [-0.25, -0.2) is 8.42 Å². The first-order valence-corrected chi connectivity index (χ1v) is 8.83. The van der Waals surface area contributed by atoms with Crippen molar-refractivity contribution in [2.45, 2.75) is 33.1 Å². The van der Waals surface area contributed by atoms with E-state index in [4.69, 9.17) is 5.11 Å². The average Bonchev–Trinajstić information content (AvgIpc) is 2.83. The topological polar surface area (TPSA) is 101 Å². The van der Waals surface area contributed by atoms with Crippen LogP contribution in [0.2, 0.25) is 0 Å². The number of carboxylic acids is 1. The first kappa shape index (κ1) is 16.9. The fraction of sp³-hybridized carbons (Fsp3) is 0.846. The Bertz CT molecular complexity index is 459. The first-order valence-electron chi connectivity index (χ1n) is 7.01. The van der Waals surface area contributed by atoms with E-state index in [1.165, 1.54) is 0 Å². The predicted octanol–water partition coefficient (Wildman–Crippen LogP) is 0.674. The van der Waals surface area contributed by atoms with E-state index >= 15 is 0 Å². The van der Waals surface area contributed by atoms with Gasteiger partial charge in [0.1, 0.15) is 0 Å². The Kier molecular flexibility index (Phi) is 5.98. The third kappa shape index (κ3) is 4.47. The summed E-state index contributed by atoms with van der Waals surface area (Å²) in [5.41, 5.74) is 0. The maximum absolute atomic E-state index is 12.0. The van der Waals surface area contributed by atoms with E-state index < -0.39 is 27.6 Å². The molecule has 7 heteroatoms. The molecule has 20 heavy (non-hydrogen) atoms. The third-order valence-corrected chi connectivity index (χ3v) is 5.75. The monoisotopic (exact) mass is 305 g/mol. The summed E-state index contributed by atoms with van der Waals surface area (Å²) in [4.78, 5) is 23.2. The van der Waals surface area contributed by atoms with Gasteiger partial charge in [-0.3, -0.25) is 9.59 Å². The van der Waals surface area contributed by atoms with Crippen LogP contribution in [0.15, 0.2) is 0 Å². The van der Waals surface area contributed by atoms with Gasteiger partial charge in [0.2, 0.25) is 5.91 Å². The predicted molar refractivity (Wildman–Crippen MR) is 75.0 cm³/mol. The Morgan fingerprint density at radius 2 is 1.80 bits per heavy atom. The Labute approximate surface area is 119 Å². The highest BCUT2D eigenvalue weighted by Gasteiger charge is 2.41. The number of sulfone groups is 1. The summed E-state index contributed by atoms with van der Waals surface area (Å²) in [6.07, 6.45) is 1.95. The van der Waals surface area contributed by atoms with Crippen LogP contribution in [0.4, 0.5) is 0 Å². The minimum atomic E-state index is -3.12. The zero-order valence-corrected chi connectivity index (χ0v) is 12.8. The fourth-order valence-corrected chi connectivity index (χ4v) is 3.35. The van der Waals surface area contributed by atoms with E-state index in [0.717, 1.165) is 6.42 Å². The number of hydrogen-bond donors (Lipinski definition) is 2. The number of carbonyl (C=O) groups is 2. The summed E-state index contributed by atoms with van der Waals surface area (Å²) in [5, 5.41) is 11.7. The normalized spacial score (nSPS) is 26.4. The molecule has 0 saturated heterocycles. The standard InChI is InChI=1S/C13H23NO5S/c1-3-9-7-10(11(8-9)13(16)17)12(15)14-5-6-20(18,19)4-2/h9-11H,3-8H2,1-2H3,(H,14,15)(H,16,17). The molecule has 1 rings (SSSR count). The van der Waals surface area contributed by atoms with E-state index in [-0.39, 0.29) is 29.9 Å². The summed E-state index contributed by atoms with van der Waals surface area (Å²) >= 11 is 0. The van der Waals surface area contributed by atoms with Crippen LogP contribution in [0.25, 0.3) is 0 Å². The molecule has 1 amide bonds. The molecule has 3 atom stereocenters. The van der Waals surface area contributed by atoms with Crippen LogP contribution in [0, 0.1) is 17.8 Å². The molecule has 0 aromatic rings. The maximum Gasteiger partial charge on any atom is 0.307 e. The van der Waals surface area contributed by atoms with Crippen molar-refractivity contribution in [3.05, 3.63) is 0 Å². The Balaban J connectivity index is 2.55. The van der Waals surface area contributed by atoms with E-state index in [9.17, 15) is 18.0 Å². The van der Waals surface area contributed by atoms with Gasteiger partial charge in [0.15, 0.2) is 9.84 Å². The fourth-order valence-electron chi connectivity index (χ4n) is 2.64. The molecular formula is C13H23NO5S. The van der Waals surface area contributed by atoms with Gasteiger partial charge in [-0.15, -0.1) is 0 Å². The molecule has 0 radical (unpaired) electrons. The van der Waals surface area contributed by atoms with Crippen LogP contribution in [0.5, 0.6) is 0 Å². The van der Waals surface area contributed by atoms with Crippen LogP contribution in [0.3, 0.4) is 0 Å². The van der Waals surface area contributed by atoms with Gasteiger partial charge in [0.05, 0.1) is 17.6 Å². The molecule has 0 aromatic heterocycles. The number of amides is 1. The number of hydrogen-bond acceptors (Lipinski definition) is 4. The lowest BCUT2D eigenvalue weighted by Crippen LogP contribution is -2.37. The van der Waals surface area contributed by atoms with Crippen molar-refractivity contribution in [2.75, 3.05) is 18.1 Å². The molecule has 1 saturated carbocycles. The SMILES string of the molecule is CCC1CC(C(=O)O)C(C(=O)NCCS(=O)(=O)CC)C1. The van der Waals surface area contributed by atoms with Crippen LogP contribution >= 0.6 is 0 Å². The van der Waals surface area contributed by atoms with Gasteiger partial charge < -0.3 is 10.4 Å². The molecule has 1 aliphatic rings. The summed E-state index contributed by atoms with van der Waals surface area (Å²) < 4.78 is 22.7. The van der Waals surface area contributed by atoms with Crippen LogP contribution < -0.4 is 5.32 Å². The third-order valence-electron chi connectivity index (χ3n) is 4.04. The Hall–Kier alpha value is -1.11. The van der Waals surface area contributed by atoms with E-state index in [2.05, 4.69) is 5.32 Å². The summed E-state index contributed by atoms with van der Waals surface area (Å²) in [6, 6.07) is 0.